The van der Waals surface area contributed by atoms with Crippen LogP contribution < -0.4 is 0 Å². The van der Waals surface area contributed by atoms with E-state index < -0.39 is 12.1 Å². The number of hydrogen-bond donors (Lipinski definition) is 2. The van der Waals surface area contributed by atoms with Crippen molar-refractivity contribution in [2.75, 3.05) is 0 Å². The second kappa shape index (κ2) is 5.65. The molecule has 90 valence electrons. The maximum Gasteiger partial charge on any atom is 0.303 e. The second-order valence-electron chi connectivity index (χ2n) is 4.03. The fourth-order valence-electron chi connectivity index (χ4n) is 1.68. The fourth-order valence-corrected chi connectivity index (χ4v) is 1.68. The number of aliphatic hydroxyl groups is 1. The van der Waals surface area contributed by atoms with E-state index in [-0.39, 0.29) is 12.3 Å². The molecule has 0 saturated heterocycles. The third kappa shape index (κ3) is 3.06. The van der Waals surface area contributed by atoms with Crippen LogP contribution >= 0.6 is 0 Å². The molecular weight excluding hydrogens is 208 g/mol. The van der Waals surface area contributed by atoms with Gasteiger partial charge in [-0.1, -0.05) is 13.8 Å². The van der Waals surface area contributed by atoms with Crippen molar-refractivity contribution in [3.05, 3.63) is 18.2 Å². The molecule has 1 aromatic heterocycles. The number of aryl methyl sites for hydroxylation is 1. The Hall–Kier alpha value is -1.36. The van der Waals surface area contributed by atoms with Crippen LogP contribution in [0.3, 0.4) is 0 Å². The van der Waals surface area contributed by atoms with Gasteiger partial charge in [0.25, 0.3) is 0 Å². The summed E-state index contributed by atoms with van der Waals surface area (Å²) in [6, 6.07) is 0. The van der Waals surface area contributed by atoms with E-state index in [1.54, 1.807) is 19.4 Å². The van der Waals surface area contributed by atoms with Crippen LogP contribution in [-0.4, -0.2) is 25.7 Å². The number of carboxylic acid groups (broad SMARTS) is 1. The molecule has 0 radical (unpaired) electrons. The van der Waals surface area contributed by atoms with E-state index in [0.717, 1.165) is 13.0 Å². The highest BCUT2D eigenvalue weighted by molar-refractivity contribution is 5.67. The zero-order chi connectivity index (χ0) is 12.1. The molecule has 0 aliphatic heterocycles. The van der Waals surface area contributed by atoms with E-state index in [0.29, 0.717) is 5.69 Å². The van der Waals surface area contributed by atoms with Crippen LogP contribution in [0.5, 0.6) is 0 Å². The Balaban J connectivity index is 2.74. The third-order valence-corrected chi connectivity index (χ3v) is 2.55. The van der Waals surface area contributed by atoms with Gasteiger partial charge in [-0.05, 0) is 12.3 Å². The molecule has 1 heterocycles. The van der Waals surface area contributed by atoms with E-state index >= 15 is 0 Å². The Bertz CT molecular complexity index is 349. The van der Waals surface area contributed by atoms with Gasteiger partial charge in [0, 0.05) is 6.54 Å². The monoisotopic (exact) mass is 226 g/mol. The molecule has 0 aliphatic rings. The summed E-state index contributed by atoms with van der Waals surface area (Å²) in [5, 5.41) is 18.7. The van der Waals surface area contributed by atoms with Crippen LogP contribution in [0.15, 0.2) is 12.5 Å². The van der Waals surface area contributed by atoms with Crippen molar-refractivity contribution in [1.29, 1.82) is 0 Å². The third-order valence-electron chi connectivity index (χ3n) is 2.55. The first-order valence-electron chi connectivity index (χ1n) is 5.46. The van der Waals surface area contributed by atoms with Gasteiger partial charge in [0.1, 0.15) is 0 Å². The Morgan fingerprint density at radius 2 is 2.31 bits per heavy atom. The first kappa shape index (κ1) is 12.7. The highest BCUT2D eigenvalue weighted by Gasteiger charge is 2.21. The van der Waals surface area contributed by atoms with E-state index in [1.165, 1.54) is 0 Å². The van der Waals surface area contributed by atoms with Crippen molar-refractivity contribution in [1.82, 2.24) is 9.55 Å². The summed E-state index contributed by atoms with van der Waals surface area (Å²) in [6.45, 7) is 4.55. The molecule has 1 rings (SSSR count). The lowest BCUT2D eigenvalue weighted by Gasteiger charge is -2.18. The number of nitrogens with zero attached hydrogens (tertiary/aromatic N) is 2. The average Bonchev–Trinajstić information content (AvgIpc) is 2.64. The van der Waals surface area contributed by atoms with Gasteiger partial charge >= 0.3 is 5.97 Å². The van der Waals surface area contributed by atoms with Gasteiger partial charge in [-0.25, -0.2) is 4.98 Å². The minimum Gasteiger partial charge on any atom is -0.481 e. The van der Waals surface area contributed by atoms with Gasteiger partial charge in [-0.3, -0.25) is 4.79 Å². The summed E-state index contributed by atoms with van der Waals surface area (Å²) >= 11 is 0. The van der Waals surface area contributed by atoms with Crippen LogP contribution in [0.25, 0.3) is 0 Å². The highest BCUT2D eigenvalue weighted by atomic mass is 16.4. The Kier molecular flexibility index (Phi) is 4.49. The zero-order valence-corrected chi connectivity index (χ0v) is 9.63. The first-order chi connectivity index (χ1) is 7.56. The van der Waals surface area contributed by atoms with Crippen molar-refractivity contribution in [3.63, 3.8) is 0 Å². The van der Waals surface area contributed by atoms with Crippen molar-refractivity contribution >= 4 is 5.97 Å². The minimum absolute atomic E-state index is 0.0432. The summed E-state index contributed by atoms with van der Waals surface area (Å²) in [6.07, 6.45) is 3.39. The van der Waals surface area contributed by atoms with Crippen LogP contribution in [0.1, 0.15) is 38.5 Å². The molecule has 0 amide bonds. The van der Waals surface area contributed by atoms with Crippen molar-refractivity contribution in [2.45, 2.75) is 39.3 Å². The van der Waals surface area contributed by atoms with Gasteiger partial charge in [0.05, 0.1) is 30.7 Å². The number of aromatic nitrogens is 2. The van der Waals surface area contributed by atoms with Crippen molar-refractivity contribution in [3.8, 4) is 0 Å². The second-order valence-corrected chi connectivity index (χ2v) is 4.03. The van der Waals surface area contributed by atoms with Gasteiger partial charge in [-0.2, -0.15) is 0 Å². The molecule has 0 aliphatic carbocycles. The SMILES string of the molecule is CCCn1cncc1C(O)C(C)CC(=O)O. The summed E-state index contributed by atoms with van der Waals surface area (Å²) in [4.78, 5) is 14.5. The van der Waals surface area contributed by atoms with Crippen molar-refractivity contribution in [2.24, 2.45) is 5.92 Å². The van der Waals surface area contributed by atoms with Crippen LogP contribution in [0, 0.1) is 5.92 Å². The molecule has 2 atom stereocenters. The molecular formula is C11H18N2O3. The molecule has 0 fully saturated rings. The maximum atomic E-state index is 10.6. The number of carboxylic acids is 1. The molecule has 0 spiro atoms. The van der Waals surface area contributed by atoms with Gasteiger partial charge in [-0.15, -0.1) is 0 Å². The summed E-state index contributed by atoms with van der Waals surface area (Å²) in [7, 11) is 0. The quantitative estimate of drug-likeness (QED) is 0.769. The van der Waals surface area contributed by atoms with Crippen molar-refractivity contribution < 1.29 is 15.0 Å². The fraction of sp³-hybridized carbons (Fsp3) is 0.636. The smallest absolute Gasteiger partial charge is 0.303 e. The number of carbonyl (C=O) groups is 1. The van der Waals surface area contributed by atoms with E-state index in [4.69, 9.17) is 5.11 Å². The molecule has 0 saturated carbocycles. The Morgan fingerprint density at radius 3 is 2.88 bits per heavy atom. The maximum absolute atomic E-state index is 10.6. The van der Waals surface area contributed by atoms with Gasteiger partial charge in [0.15, 0.2) is 0 Å². The lowest BCUT2D eigenvalue weighted by atomic mass is 9.98. The molecule has 5 heteroatoms. The number of rotatable bonds is 6. The van der Waals surface area contributed by atoms with E-state index in [9.17, 15) is 9.90 Å². The normalized spacial score (nSPS) is 14.7. The molecule has 2 unspecified atom stereocenters. The average molecular weight is 226 g/mol. The molecule has 2 N–H and O–H groups in total. The predicted octanol–water partition coefficient (Wildman–Crippen LogP) is 1.44. The Morgan fingerprint density at radius 1 is 1.62 bits per heavy atom. The van der Waals surface area contributed by atoms with Crippen LogP contribution in [-0.2, 0) is 11.3 Å². The first-order valence-corrected chi connectivity index (χ1v) is 5.46. The van der Waals surface area contributed by atoms with E-state index in [1.807, 2.05) is 11.5 Å². The number of aliphatic carboxylic acids is 1. The number of hydrogen-bond acceptors (Lipinski definition) is 3. The van der Waals surface area contributed by atoms with E-state index in [2.05, 4.69) is 4.98 Å². The Labute approximate surface area is 94.7 Å². The largest absolute Gasteiger partial charge is 0.481 e. The summed E-state index contributed by atoms with van der Waals surface area (Å²) in [5.74, 6) is -1.21. The highest BCUT2D eigenvalue weighted by Crippen LogP contribution is 2.24. The topological polar surface area (TPSA) is 75.3 Å². The molecule has 1 aromatic rings. The molecule has 0 bridgehead atoms. The standard InChI is InChI=1S/C11H18N2O3/c1-3-4-13-7-12-6-9(13)11(16)8(2)5-10(14)15/h6-8,11,16H,3-5H2,1-2H3,(H,14,15). The molecule has 16 heavy (non-hydrogen) atoms. The zero-order valence-electron chi connectivity index (χ0n) is 9.63. The summed E-state index contributed by atoms with van der Waals surface area (Å²) < 4.78 is 1.86. The lowest BCUT2D eigenvalue weighted by Crippen LogP contribution is -2.16. The van der Waals surface area contributed by atoms with Gasteiger partial charge in [0.2, 0.25) is 0 Å². The van der Waals surface area contributed by atoms with Crippen LogP contribution in [0.2, 0.25) is 0 Å². The molecule has 5 nitrogen and oxygen atoms in total. The summed E-state index contributed by atoms with van der Waals surface area (Å²) in [5.41, 5.74) is 0.690. The van der Waals surface area contributed by atoms with Crippen LogP contribution in [0.4, 0.5) is 0 Å². The predicted molar refractivity (Wildman–Crippen MR) is 58.9 cm³/mol. The number of imidazole rings is 1. The van der Waals surface area contributed by atoms with Gasteiger partial charge < -0.3 is 14.8 Å². The number of aliphatic hydroxyl groups excluding tert-OH is 1. The molecule has 0 aromatic carbocycles. The lowest BCUT2D eigenvalue weighted by molar-refractivity contribution is -0.139. The minimum atomic E-state index is -0.895.